The van der Waals surface area contributed by atoms with Crippen molar-refractivity contribution in [2.75, 3.05) is 12.0 Å². The lowest BCUT2D eigenvalue weighted by atomic mass is 9.97. The van der Waals surface area contributed by atoms with Crippen molar-refractivity contribution in [2.24, 2.45) is 0 Å². The molecule has 7 nitrogen and oxygen atoms in total. The van der Waals surface area contributed by atoms with E-state index >= 15 is 0 Å². The van der Waals surface area contributed by atoms with Crippen LogP contribution in [0.25, 0.3) is 11.0 Å². The number of nitrogens with zero attached hydrogens (tertiary/aromatic N) is 2. The van der Waals surface area contributed by atoms with E-state index < -0.39 is 17.9 Å². The second kappa shape index (κ2) is 7.46. The number of pyridine rings is 1. The molecule has 0 radical (unpaired) electrons. The maximum atomic E-state index is 13.5. The number of rotatable bonds is 3. The van der Waals surface area contributed by atoms with Crippen LogP contribution in [0.1, 0.15) is 43.8 Å². The fraction of sp³-hybridized carbons (Fsp3) is 0.120. The second-order valence-electron chi connectivity index (χ2n) is 7.50. The smallest absolute Gasteiger partial charge is 0.337 e. The SMILES string of the molecule is COC(=O)c1ccc([C@@H]2c3c(oc4ccccc4c3=O)C(=O)N2c2cccc(C)n2)cc1. The van der Waals surface area contributed by atoms with E-state index in [-0.39, 0.29) is 16.8 Å². The lowest BCUT2D eigenvalue weighted by Gasteiger charge is -2.24. The quantitative estimate of drug-likeness (QED) is 0.460. The number of ether oxygens (including phenoxy) is 1. The molecule has 3 heterocycles. The molecule has 0 spiro atoms. The normalized spacial score (nSPS) is 15.1. The second-order valence-corrected chi connectivity index (χ2v) is 7.50. The van der Waals surface area contributed by atoms with E-state index in [4.69, 9.17) is 9.15 Å². The van der Waals surface area contributed by atoms with E-state index in [1.807, 2.05) is 13.0 Å². The standard InChI is InChI=1S/C25H18N2O5/c1-14-6-5-9-19(26-14)27-21(15-10-12-16(13-11-15)25(30)31-2)20-22(28)17-7-3-4-8-18(17)32-23(20)24(27)29/h3-13,21H,1-2H3/t21-/m1/s1. The number of hydrogen-bond acceptors (Lipinski definition) is 6. The van der Waals surface area contributed by atoms with Crippen LogP contribution in [0.15, 0.2) is 75.9 Å². The Labute approximate surface area is 182 Å². The van der Waals surface area contributed by atoms with Crippen molar-refractivity contribution < 1.29 is 18.7 Å². The molecule has 1 amide bonds. The first-order valence-corrected chi connectivity index (χ1v) is 10.0. The Morgan fingerprint density at radius 3 is 2.47 bits per heavy atom. The molecular weight excluding hydrogens is 408 g/mol. The molecule has 0 aliphatic carbocycles. The van der Waals surface area contributed by atoms with Crippen LogP contribution in [-0.4, -0.2) is 24.0 Å². The summed E-state index contributed by atoms with van der Waals surface area (Å²) in [5, 5.41) is 0.397. The van der Waals surface area contributed by atoms with Crippen LogP contribution >= 0.6 is 0 Å². The Kier molecular flexibility index (Phi) is 4.59. The van der Waals surface area contributed by atoms with Gasteiger partial charge in [-0.05, 0) is 48.9 Å². The Bertz CT molecular complexity index is 1440. The summed E-state index contributed by atoms with van der Waals surface area (Å²) in [5.41, 5.74) is 2.08. The highest BCUT2D eigenvalue weighted by Gasteiger charge is 2.44. The van der Waals surface area contributed by atoms with Crippen molar-refractivity contribution >= 4 is 28.7 Å². The number of aryl methyl sites for hydroxylation is 1. The van der Waals surface area contributed by atoms with E-state index in [1.165, 1.54) is 12.0 Å². The predicted molar refractivity (Wildman–Crippen MR) is 118 cm³/mol. The molecule has 1 aliphatic heterocycles. The minimum Gasteiger partial charge on any atom is -0.465 e. The van der Waals surface area contributed by atoms with Gasteiger partial charge in [-0.15, -0.1) is 0 Å². The molecule has 0 saturated carbocycles. The number of benzene rings is 2. The number of carbonyl (C=O) groups is 2. The zero-order chi connectivity index (χ0) is 22.4. The van der Waals surface area contributed by atoms with E-state index in [9.17, 15) is 14.4 Å². The molecule has 1 aliphatic rings. The molecular formula is C25H18N2O5. The molecule has 2 aromatic heterocycles. The minimum atomic E-state index is -0.751. The molecule has 0 saturated heterocycles. The van der Waals surface area contributed by atoms with Gasteiger partial charge in [-0.1, -0.05) is 30.3 Å². The molecule has 4 aromatic rings. The highest BCUT2D eigenvalue weighted by atomic mass is 16.5. The van der Waals surface area contributed by atoms with Gasteiger partial charge in [-0.3, -0.25) is 14.5 Å². The zero-order valence-corrected chi connectivity index (χ0v) is 17.4. The molecule has 1 atom stereocenters. The van der Waals surface area contributed by atoms with Crippen molar-refractivity contribution in [3.8, 4) is 0 Å². The maximum absolute atomic E-state index is 13.5. The summed E-state index contributed by atoms with van der Waals surface area (Å²) in [5.74, 6) is -0.504. The molecule has 0 bridgehead atoms. The third-order valence-electron chi connectivity index (χ3n) is 5.55. The first-order valence-electron chi connectivity index (χ1n) is 10.0. The fourth-order valence-electron chi connectivity index (χ4n) is 4.05. The lowest BCUT2D eigenvalue weighted by molar-refractivity contribution is 0.0600. The van der Waals surface area contributed by atoms with Gasteiger partial charge in [0, 0.05) is 5.69 Å². The number of carbonyl (C=O) groups excluding carboxylic acids is 2. The van der Waals surface area contributed by atoms with Gasteiger partial charge in [0.25, 0.3) is 5.91 Å². The van der Waals surface area contributed by atoms with Crippen molar-refractivity contribution in [1.29, 1.82) is 0 Å². The highest BCUT2D eigenvalue weighted by molar-refractivity contribution is 6.10. The van der Waals surface area contributed by atoms with Gasteiger partial charge < -0.3 is 9.15 Å². The summed E-state index contributed by atoms with van der Waals surface area (Å²) in [6.45, 7) is 1.83. The lowest BCUT2D eigenvalue weighted by Crippen LogP contribution is -2.30. The first kappa shape index (κ1) is 19.7. The number of amides is 1. The monoisotopic (exact) mass is 426 g/mol. The van der Waals surface area contributed by atoms with Crippen molar-refractivity contribution in [3.05, 3.63) is 105 Å². The molecule has 0 unspecified atom stereocenters. The van der Waals surface area contributed by atoms with Crippen LogP contribution < -0.4 is 10.3 Å². The van der Waals surface area contributed by atoms with Gasteiger partial charge in [0.1, 0.15) is 11.4 Å². The van der Waals surface area contributed by atoms with E-state index in [0.717, 1.165) is 5.69 Å². The van der Waals surface area contributed by atoms with Crippen LogP contribution in [0.4, 0.5) is 5.82 Å². The molecule has 0 fully saturated rings. The summed E-state index contributed by atoms with van der Waals surface area (Å²) in [7, 11) is 1.31. The molecule has 0 N–H and O–H groups in total. The number of aromatic nitrogens is 1. The average molecular weight is 426 g/mol. The Balaban J connectivity index is 1.76. The van der Waals surface area contributed by atoms with Gasteiger partial charge in [0.05, 0.1) is 29.7 Å². The van der Waals surface area contributed by atoms with E-state index in [1.54, 1.807) is 60.7 Å². The number of para-hydroxylation sites is 1. The molecule has 158 valence electrons. The third kappa shape index (κ3) is 2.98. The fourth-order valence-corrected chi connectivity index (χ4v) is 4.05. The highest BCUT2D eigenvalue weighted by Crippen LogP contribution is 2.40. The minimum absolute atomic E-state index is 0.000879. The maximum Gasteiger partial charge on any atom is 0.337 e. The van der Waals surface area contributed by atoms with Gasteiger partial charge in [0.15, 0.2) is 5.43 Å². The topological polar surface area (TPSA) is 89.7 Å². The third-order valence-corrected chi connectivity index (χ3v) is 5.55. The summed E-state index contributed by atoms with van der Waals surface area (Å²) in [4.78, 5) is 44.8. The van der Waals surface area contributed by atoms with Crippen molar-refractivity contribution in [3.63, 3.8) is 0 Å². The largest absolute Gasteiger partial charge is 0.465 e. The summed E-state index contributed by atoms with van der Waals surface area (Å²) in [6.07, 6.45) is 0. The number of methoxy groups -OCH3 is 1. The first-order chi connectivity index (χ1) is 15.5. The number of fused-ring (bicyclic) bond motifs is 2. The van der Waals surface area contributed by atoms with E-state index in [0.29, 0.717) is 27.9 Å². The van der Waals surface area contributed by atoms with Crippen LogP contribution in [0.2, 0.25) is 0 Å². The summed E-state index contributed by atoms with van der Waals surface area (Å²) < 4.78 is 10.7. The van der Waals surface area contributed by atoms with Gasteiger partial charge in [-0.2, -0.15) is 0 Å². The molecule has 5 rings (SSSR count). The molecule has 32 heavy (non-hydrogen) atoms. The van der Waals surface area contributed by atoms with Gasteiger partial charge in [0.2, 0.25) is 5.76 Å². The van der Waals surface area contributed by atoms with Crippen LogP contribution in [0.3, 0.4) is 0 Å². The Morgan fingerprint density at radius 2 is 1.75 bits per heavy atom. The van der Waals surface area contributed by atoms with E-state index in [2.05, 4.69) is 4.98 Å². The van der Waals surface area contributed by atoms with Crippen molar-refractivity contribution in [2.45, 2.75) is 13.0 Å². The Hall–Kier alpha value is -4.26. The van der Waals surface area contributed by atoms with Crippen molar-refractivity contribution in [1.82, 2.24) is 4.98 Å². The number of hydrogen-bond donors (Lipinski definition) is 0. The number of anilines is 1. The number of esters is 1. The van der Waals surface area contributed by atoms with Gasteiger partial charge >= 0.3 is 5.97 Å². The van der Waals surface area contributed by atoms with Crippen LogP contribution in [0, 0.1) is 6.92 Å². The molecule has 2 aromatic carbocycles. The Morgan fingerprint density at radius 1 is 1.00 bits per heavy atom. The summed E-state index contributed by atoms with van der Waals surface area (Å²) in [6, 6.07) is 18.1. The van der Waals surface area contributed by atoms with Crippen LogP contribution in [-0.2, 0) is 4.74 Å². The van der Waals surface area contributed by atoms with Crippen LogP contribution in [0.5, 0.6) is 0 Å². The predicted octanol–water partition coefficient (Wildman–Crippen LogP) is 4.03. The van der Waals surface area contributed by atoms with Gasteiger partial charge in [-0.25, -0.2) is 9.78 Å². The summed E-state index contributed by atoms with van der Waals surface area (Å²) >= 11 is 0. The average Bonchev–Trinajstić information content (AvgIpc) is 3.11. The zero-order valence-electron chi connectivity index (χ0n) is 17.4. The molecule has 7 heteroatoms.